The number of amides is 2. The molecule has 2 amide bonds. The predicted molar refractivity (Wildman–Crippen MR) is 104 cm³/mol. The van der Waals surface area contributed by atoms with Crippen molar-refractivity contribution in [3.8, 4) is 0 Å². The minimum Gasteiger partial charge on any atom is -0.444 e. The van der Waals surface area contributed by atoms with Gasteiger partial charge in [-0.3, -0.25) is 9.59 Å². The van der Waals surface area contributed by atoms with Crippen LogP contribution in [-0.2, 0) is 27.6 Å². The molecule has 27 heavy (non-hydrogen) atoms. The first-order valence-corrected chi connectivity index (χ1v) is 10.7. The van der Waals surface area contributed by atoms with Crippen molar-refractivity contribution in [1.82, 2.24) is 15.1 Å². The van der Waals surface area contributed by atoms with E-state index in [0.29, 0.717) is 17.0 Å². The monoisotopic (exact) mass is 454 g/mol. The summed E-state index contributed by atoms with van der Waals surface area (Å²) >= 11 is 4.92. The van der Waals surface area contributed by atoms with Crippen LogP contribution < -0.4 is 10.6 Å². The maximum absolute atomic E-state index is 12.5. The van der Waals surface area contributed by atoms with E-state index in [2.05, 4.69) is 31.7 Å². The average Bonchev–Trinajstić information content (AvgIpc) is 3.40. The van der Waals surface area contributed by atoms with Gasteiger partial charge in [0.05, 0.1) is 11.8 Å². The second-order valence-corrected chi connectivity index (χ2v) is 8.19. The Bertz CT molecular complexity index is 859. The molecule has 0 aliphatic carbocycles. The molecule has 4 rings (SSSR count). The molecule has 0 spiro atoms. The van der Waals surface area contributed by atoms with Crippen LogP contribution in [0.2, 0.25) is 0 Å². The van der Waals surface area contributed by atoms with E-state index in [0.717, 1.165) is 42.2 Å². The molecule has 2 aromatic rings. The van der Waals surface area contributed by atoms with Gasteiger partial charge >= 0.3 is 0 Å². The number of carbonyl (C=O) groups is 2. The molecule has 0 aromatic carbocycles. The van der Waals surface area contributed by atoms with Gasteiger partial charge in [-0.1, -0.05) is 0 Å². The van der Waals surface area contributed by atoms with E-state index in [1.54, 1.807) is 28.6 Å². The molecule has 1 fully saturated rings. The number of hydrogen-bond acceptors (Lipinski definition) is 6. The van der Waals surface area contributed by atoms with Crippen LogP contribution in [0, 0.1) is 0 Å². The summed E-state index contributed by atoms with van der Waals surface area (Å²) in [6.07, 6.45) is 2.08. The summed E-state index contributed by atoms with van der Waals surface area (Å²) in [4.78, 5) is 24.8. The molecule has 2 N–H and O–H groups in total. The predicted octanol–water partition coefficient (Wildman–Crippen LogP) is 2.53. The number of halogens is 1. The standard InChI is InChI=1S/C17H19BrN4O4S/c18-14-4-3-13(26-14)17(24)20-16-11-8-27-9-12(11)21-22(16)7-15(23)19-6-10-2-1-5-25-10/h3-4,10H,1-2,5-9H2,(H,19,23)(H,20,24). The maximum Gasteiger partial charge on any atom is 0.292 e. The highest BCUT2D eigenvalue weighted by molar-refractivity contribution is 9.10. The second kappa shape index (κ2) is 8.07. The molecule has 0 bridgehead atoms. The molecule has 1 atom stereocenters. The van der Waals surface area contributed by atoms with E-state index in [1.807, 2.05) is 0 Å². The summed E-state index contributed by atoms with van der Waals surface area (Å²) in [5.74, 6) is 1.74. The number of fused-ring (bicyclic) bond motifs is 1. The summed E-state index contributed by atoms with van der Waals surface area (Å²) in [6.45, 7) is 1.29. The van der Waals surface area contributed by atoms with E-state index >= 15 is 0 Å². The molecular weight excluding hydrogens is 436 g/mol. The number of nitrogens with zero attached hydrogens (tertiary/aromatic N) is 2. The van der Waals surface area contributed by atoms with Crippen molar-refractivity contribution in [2.24, 2.45) is 0 Å². The fraction of sp³-hybridized carbons (Fsp3) is 0.471. The number of hydrogen-bond donors (Lipinski definition) is 2. The lowest BCUT2D eigenvalue weighted by Gasteiger charge is -2.13. The lowest BCUT2D eigenvalue weighted by molar-refractivity contribution is -0.122. The highest BCUT2D eigenvalue weighted by atomic mass is 79.9. The summed E-state index contributed by atoms with van der Waals surface area (Å²) in [5.41, 5.74) is 1.87. The Balaban J connectivity index is 1.45. The quantitative estimate of drug-likeness (QED) is 0.695. The summed E-state index contributed by atoms with van der Waals surface area (Å²) in [7, 11) is 0. The van der Waals surface area contributed by atoms with Gasteiger partial charge in [-0.15, -0.1) is 0 Å². The zero-order chi connectivity index (χ0) is 18.8. The van der Waals surface area contributed by atoms with E-state index in [1.165, 1.54) is 0 Å². The van der Waals surface area contributed by atoms with Crippen molar-refractivity contribution in [3.63, 3.8) is 0 Å². The number of carbonyl (C=O) groups excluding carboxylic acids is 2. The Morgan fingerprint density at radius 1 is 1.37 bits per heavy atom. The van der Waals surface area contributed by atoms with Crippen LogP contribution in [0.3, 0.4) is 0 Å². The first kappa shape index (κ1) is 18.6. The van der Waals surface area contributed by atoms with Crippen molar-refractivity contribution < 1.29 is 18.7 Å². The molecule has 144 valence electrons. The molecule has 0 saturated carbocycles. The van der Waals surface area contributed by atoms with Gasteiger partial charge in [-0.25, -0.2) is 4.68 Å². The van der Waals surface area contributed by atoms with E-state index in [9.17, 15) is 9.59 Å². The SMILES string of the molecule is O=C(Cn1nc2c(c1NC(=O)c1ccc(Br)o1)CSC2)NCC1CCCO1. The lowest BCUT2D eigenvalue weighted by Crippen LogP contribution is -2.34. The van der Waals surface area contributed by atoms with Crippen LogP contribution in [0.25, 0.3) is 0 Å². The number of rotatable bonds is 6. The first-order valence-electron chi connectivity index (χ1n) is 8.71. The Labute approximate surface area is 168 Å². The Hall–Kier alpha value is -1.78. The summed E-state index contributed by atoms with van der Waals surface area (Å²) in [6, 6.07) is 3.24. The zero-order valence-corrected chi connectivity index (χ0v) is 16.9. The summed E-state index contributed by atoms with van der Waals surface area (Å²) in [5, 5.41) is 10.2. The van der Waals surface area contributed by atoms with E-state index < -0.39 is 0 Å². The molecule has 2 aromatic heterocycles. The van der Waals surface area contributed by atoms with Crippen LogP contribution in [0.4, 0.5) is 5.82 Å². The van der Waals surface area contributed by atoms with Crippen LogP contribution in [0.1, 0.15) is 34.7 Å². The normalized spacial score (nSPS) is 18.5. The van der Waals surface area contributed by atoms with Gasteiger partial charge in [-0.05, 0) is 40.9 Å². The average molecular weight is 455 g/mol. The van der Waals surface area contributed by atoms with Crippen molar-refractivity contribution in [1.29, 1.82) is 0 Å². The minimum absolute atomic E-state index is 0.0435. The number of nitrogens with one attached hydrogen (secondary N) is 2. The number of anilines is 1. The maximum atomic E-state index is 12.5. The number of aromatic nitrogens is 2. The van der Waals surface area contributed by atoms with Gasteiger partial charge in [0, 0.05) is 30.2 Å². The number of furan rings is 1. The molecule has 2 aliphatic heterocycles. The molecule has 2 aliphatic rings. The van der Waals surface area contributed by atoms with Crippen molar-refractivity contribution in [3.05, 3.63) is 33.8 Å². The van der Waals surface area contributed by atoms with Crippen molar-refractivity contribution in [2.75, 3.05) is 18.5 Å². The van der Waals surface area contributed by atoms with Crippen LogP contribution in [-0.4, -0.2) is 40.9 Å². The van der Waals surface area contributed by atoms with Gasteiger partial charge in [0.1, 0.15) is 12.4 Å². The third-order valence-corrected chi connectivity index (χ3v) is 5.89. The largest absolute Gasteiger partial charge is 0.444 e. The fourth-order valence-electron chi connectivity index (χ4n) is 3.15. The summed E-state index contributed by atoms with van der Waals surface area (Å²) < 4.78 is 12.9. The van der Waals surface area contributed by atoms with Crippen molar-refractivity contribution in [2.45, 2.75) is 37.0 Å². The number of thioether (sulfide) groups is 1. The van der Waals surface area contributed by atoms with Crippen LogP contribution in [0.5, 0.6) is 0 Å². The molecule has 10 heteroatoms. The van der Waals surface area contributed by atoms with Gasteiger partial charge in [0.25, 0.3) is 5.91 Å². The number of ether oxygens (including phenoxy) is 1. The van der Waals surface area contributed by atoms with E-state index in [-0.39, 0.29) is 30.2 Å². The highest BCUT2D eigenvalue weighted by Gasteiger charge is 2.26. The minimum atomic E-state index is -0.374. The van der Waals surface area contributed by atoms with E-state index in [4.69, 9.17) is 9.15 Å². The third kappa shape index (κ3) is 4.22. The molecular formula is C17H19BrN4O4S. The fourth-order valence-corrected chi connectivity index (χ4v) is 4.49. The Kier molecular flexibility index (Phi) is 5.55. The van der Waals surface area contributed by atoms with Gasteiger partial charge < -0.3 is 19.8 Å². The van der Waals surface area contributed by atoms with Crippen molar-refractivity contribution >= 4 is 45.3 Å². The Morgan fingerprint density at radius 2 is 2.26 bits per heavy atom. The molecule has 8 nitrogen and oxygen atoms in total. The topological polar surface area (TPSA) is 98.4 Å². The van der Waals surface area contributed by atoms with Gasteiger partial charge in [0.2, 0.25) is 5.91 Å². The zero-order valence-electron chi connectivity index (χ0n) is 14.5. The Morgan fingerprint density at radius 3 is 3.00 bits per heavy atom. The molecule has 0 radical (unpaired) electrons. The van der Waals surface area contributed by atoms with Gasteiger partial charge in [-0.2, -0.15) is 16.9 Å². The smallest absolute Gasteiger partial charge is 0.292 e. The molecule has 4 heterocycles. The lowest BCUT2D eigenvalue weighted by atomic mass is 10.2. The third-order valence-electron chi connectivity index (χ3n) is 4.49. The van der Waals surface area contributed by atoms with Gasteiger partial charge in [0.15, 0.2) is 10.4 Å². The van der Waals surface area contributed by atoms with Crippen LogP contribution in [0.15, 0.2) is 21.2 Å². The molecule has 1 unspecified atom stereocenters. The van der Waals surface area contributed by atoms with Crippen LogP contribution >= 0.6 is 27.7 Å². The molecule has 1 saturated heterocycles. The first-order chi connectivity index (χ1) is 13.1. The highest BCUT2D eigenvalue weighted by Crippen LogP contribution is 2.35. The second-order valence-electron chi connectivity index (χ2n) is 6.42.